The molecule has 8 heteroatoms. The molecule has 3 aromatic carbocycles. The lowest BCUT2D eigenvalue weighted by atomic mass is 10.00. The van der Waals surface area contributed by atoms with Crippen LogP contribution in [0.2, 0.25) is 0 Å². The van der Waals surface area contributed by atoms with Gasteiger partial charge in [0.1, 0.15) is 18.7 Å². The van der Waals surface area contributed by atoms with E-state index in [1.54, 1.807) is 12.1 Å². The minimum absolute atomic E-state index is 0.00368. The number of benzene rings is 3. The summed E-state index contributed by atoms with van der Waals surface area (Å²) >= 11 is 0. The van der Waals surface area contributed by atoms with Crippen LogP contribution in [-0.2, 0) is 27.4 Å². The van der Waals surface area contributed by atoms with Gasteiger partial charge in [0.2, 0.25) is 11.8 Å². The van der Waals surface area contributed by atoms with Gasteiger partial charge < -0.3 is 26.2 Å². The number of ether oxygens (including phenoxy) is 1. The van der Waals surface area contributed by atoms with Gasteiger partial charge in [0.15, 0.2) is 0 Å². The minimum Gasteiger partial charge on any atom is -0.445 e. The molecule has 0 aliphatic carbocycles. The first-order chi connectivity index (χ1) is 16.8. The number of aliphatic hydroxyl groups excluding tert-OH is 1. The molecule has 3 amide bonds. The third-order valence-electron chi connectivity index (χ3n) is 5.41. The van der Waals surface area contributed by atoms with Crippen molar-refractivity contribution in [1.29, 1.82) is 0 Å². The molecule has 0 saturated carbocycles. The van der Waals surface area contributed by atoms with Crippen LogP contribution in [0.3, 0.4) is 0 Å². The Labute approximate surface area is 204 Å². The molecule has 3 rings (SSSR count). The SMILES string of the molecule is C[C@@H](O)[C@H](NC(=O)OCc1ccccc1)C(=O)N[C@@H](Cc1ccc(-c2ccccc2)cc1)C(N)=O. The molecule has 0 spiro atoms. The number of hydrogen-bond donors (Lipinski definition) is 4. The van der Waals surface area contributed by atoms with Crippen molar-refractivity contribution in [2.24, 2.45) is 5.73 Å². The molecule has 8 nitrogen and oxygen atoms in total. The van der Waals surface area contributed by atoms with E-state index < -0.39 is 36.1 Å². The maximum atomic E-state index is 12.8. The van der Waals surface area contributed by atoms with Gasteiger partial charge in [0.05, 0.1) is 6.10 Å². The molecular weight excluding hydrogens is 446 g/mol. The van der Waals surface area contributed by atoms with Crippen LogP contribution in [-0.4, -0.2) is 41.2 Å². The Hall–Kier alpha value is -4.17. The predicted molar refractivity (Wildman–Crippen MR) is 132 cm³/mol. The lowest BCUT2D eigenvalue weighted by Gasteiger charge is -2.23. The van der Waals surface area contributed by atoms with Gasteiger partial charge in [-0.05, 0) is 29.2 Å². The lowest BCUT2D eigenvalue weighted by molar-refractivity contribution is -0.130. The first-order valence-corrected chi connectivity index (χ1v) is 11.2. The van der Waals surface area contributed by atoms with Crippen molar-refractivity contribution in [3.63, 3.8) is 0 Å². The van der Waals surface area contributed by atoms with Crippen LogP contribution in [0.5, 0.6) is 0 Å². The molecule has 0 heterocycles. The first-order valence-electron chi connectivity index (χ1n) is 11.2. The second-order valence-electron chi connectivity index (χ2n) is 8.15. The van der Waals surface area contributed by atoms with E-state index in [4.69, 9.17) is 10.5 Å². The minimum atomic E-state index is -1.33. The highest BCUT2D eigenvalue weighted by Gasteiger charge is 2.29. The predicted octanol–water partition coefficient (Wildman–Crippen LogP) is 2.54. The Bertz CT molecular complexity index is 1120. The van der Waals surface area contributed by atoms with E-state index in [0.717, 1.165) is 22.3 Å². The molecular formula is C27H29N3O5. The molecule has 182 valence electrons. The highest BCUT2D eigenvalue weighted by molar-refractivity contribution is 5.91. The number of hydrogen-bond acceptors (Lipinski definition) is 5. The van der Waals surface area contributed by atoms with Gasteiger partial charge in [-0.15, -0.1) is 0 Å². The van der Waals surface area contributed by atoms with Gasteiger partial charge in [-0.1, -0.05) is 84.9 Å². The number of nitrogens with two attached hydrogens (primary N) is 1. The van der Waals surface area contributed by atoms with Gasteiger partial charge >= 0.3 is 6.09 Å². The Morgan fingerprint density at radius 3 is 1.97 bits per heavy atom. The molecule has 0 unspecified atom stereocenters. The fraction of sp³-hybridized carbons (Fsp3) is 0.222. The number of rotatable bonds is 10. The van der Waals surface area contributed by atoms with Crippen LogP contribution in [0, 0.1) is 0 Å². The van der Waals surface area contributed by atoms with Gasteiger partial charge in [0.25, 0.3) is 0 Å². The maximum absolute atomic E-state index is 12.8. The van der Waals surface area contributed by atoms with Crippen molar-refractivity contribution < 1.29 is 24.2 Å². The zero-order chi connectivity index (χ0) is 25.2. The third kappa shape index (κ3) is 7.68. The molecule has 5 N–H and O–H groups in total. The molecule has 0 aromatic heterocycles. The number of carbonyl (C=O) groups is 3. The molecule has 35 heavy (non-hydrogen) atoms. The summed E-state index contributed by atoms with van der Waals surface area (Å²) in [5.74, 6) is -1.48. The second-order valence-corrected chi connectivity index (χ2v) is 8.15. The number of primary amides is 1. The van der Waals surface area contributed by atoms with Crippen LogP contribution >= 0.6 is 0 Å². The quantitative estimate of drug-likeness (QED) is 0.358. The smallest absolute Gasteiger partial charge is 0.408 e. The second kappa shape index (κ2) is 12.3. The normalized spacial score (nSPS) is 13.2. The summed E-state index contributed by atoms with van der Waals surface area (Å²) in [6.07, 6.45) is -1.96. The van der Waals surface area contributed by atoms with E-state index in [1.807, 2.05) is 72.8 Å². The molecule has 3 atom stereocenters. The van der Waals surface area contributed by atoms with Crippen molar-refractivity contribution in [2.75, 3.05) is 0 Å². The molecule has 0 saturated heterocycles. The van der Waals surface area contributed by atoms with Crippen LogP contribution in [0.4, 0.5) is 4.79 Å². The maximum Gasteiger partial charge on any atom is 0.408 e. The van der Waals surface area contributed by atoms with Crippen molar-refractivity contribution in [2.45, 2.75) is 38.1 Å². The summed E-state index contributed by atoms with van der Waals surface area (Å²) in [6, 6.07) is 24.1. The van der Waals surface area contributed by atoms with E-state index in [-0.39, 0.29) is 13.0 Å². The fourth-order valence-electron chi connectivity index (χ4n) is 3.48. The molecule has 0 bridgehead atoms. The molecule has 0 fully saturated rings. The largest absolute Gasteiger partial charge is 0.445 e. The number of amides is 3. The van der Waals surface area contributed by atoms with E-state index in [1.165, 1.54) is 6.92 Å². The van der Waals surface area contributed by atoms with Crippen LogP contribution in [0.15, 0.2) is 84.9 Å². The summed E-state index contributed by atoms with van der Waals surface area (Å²) in [5, 5.41) is 14.9. The summed E-state index contributed by atoms with van der Waals surface area (Å²) in [6.45, 7) is 1.35. The van der Waals surface area contributed by atoms with Crippen molar-refractivity contribution in [1.82, 2.24) is 10.6 Å². The topological polar surface area (TPSA) is 131 Å². The van der Waals surface area contributed by atoms with Gasteiger partial charge in [-0.25, -0.2) is 4.79 Å². The Kier molecular flexibility index (Phi) is 8.97. The van der Waals surface area contributed by atoms with E-state index >= 15 is 0 Å². The third-order valence-corrected chi connectivity index (χ3v) is 5.41. The van der Waals surface area contributed by atoms with Crippen molar-refractivity contribution in [3.8, 4) is 11.1 Å². The number of aliphatic hydroxyl groups is 1. The molecule has 3 aromatic rings. The zero-order valence-electron chi connectivity index (χ0n) is 19.4. The lowest BCUT2D eigenvalue weighted by Crippen LogP contribution is -2.57. The highest BCUT2D eigenvalue weighted by atomic mass is 16.5. The summed E-state index contributed by atoms with van der Waals surface area (Å²) in [5.41, 5.74) is 9.15. The van der Waals surface area contributed by atoms with Crippen molar-refractivity contribution >= 4 is 17.9 Å². The average molecular weight is 476 g/mol. The summed E-state index contributed by atoms with van der Waals surface area (Å²) < 4.78 is 5.12. The van der Waals surface area contributed by atoms with E-state index in [9.17, 15) is 19.5 Å². The highest BCUT2D eigenvalue weighted by Crippen LogP contribution is 2.19. The Morgan fingerprint density at radius 2 is 1.40 bits per heavy atom. The van der Waals surface area contributed by atoms with E-state index in [2.05, 4.69) is 10.6 Å². The average Bonchev–Trinajstić information content (AvgIpc) is 2.87. The Morgan fingerprint density at radius 1 is 0.829 bits per heavy atom. The number of alkyl carbamates (subject to hydrolysis) is 1. The fourth-order valence-corrected chi connectivity index (χ4v) is 3.48. The first kappa shape index (κ1) is 25.5. The zero-order valence-corrected chi connectivity index (χ0v) is 19.4. The molecule has 0 aliphatic rings. The standard InChI is InChI=1S/C27H29N3O5/c1-18(31)24(30-27(34)35-17-20-8-4-2-5-9-20)26(33)29-23(25(28)32)16-19-12-14-22(15-13-19)21-10-6-3-7-11-21/h2-15,18,23-24,31H,16-17H2,1H3,(H2,28,32)(H,29,33)(H,30,34)/t18-,23+,24+/m1/s1. The molecule has 0 radical (unpaired) electrons. The monoisotopic (exact) mass is 475 g/mol. The number of nitrogens with one attached hydrogen (secondary N) is 2. The molecule has 0 aliphatic heterocycles. The van der Waals surface area contributed by atoms with Crippen LogP contribution in [0.25, 0.3) is 11.1 Å². The number of carbonyl (C=O) groups excluding carboxylic acids is 3. The van der Waals surface area contributed by atoms with Crippen LogP contribution < -0.4 is 16.4 Å². The summed E-state index contributed by atoms with van der Waals surface area (Å²) in [7, 11) is 0. The van der Waals surface area contributed by atoms with Gasteiger partial charge in [0, 0.05) is 6.42 Å². The van der Waals surface area contributed by atoms with Gasteiger partial charge in [-0.3, -0.25) is 9.59 Å². The summed E-state index contributed by atoms with van der Waals surface area (Å²) in [4.78, 5) is 37.0. The van der Waals surface area contributed by atoms with E-state index in [0.29, 0.717) is 0 Å². The van der Waals surface area contributed by atoms with Gasteiger partial charge in [-0.2, -0.15) is 0 Å². The van der Waals surface area contributed by atoms with Crippen molar-refractivity contribution in [3.05, 3.63) is 96.1 Å². The Balaban J connectivity index is 1.60. The van der Waals surface area contributed by atoms with Crippen LogP contribution in [0.1, 0.15) is 18.1 Å².